The lowest BCUT2D eigenvalue weighted by Crippen LogP contribution is -2.32. The second kappa shape index (κ2) is 6.49. The van der Waals surface area contributed by atoms with Crippen molar-refractivity contribution in [3.63, 3.8) is 0 Å². The van der Waals surface area contributed by atoms with Gasteiger partial charge in [-0.15, -0.1) is 0 Å². The minimum Gasteiger partial charge on any atom is -0.397 e. The summed E-state index contributed by atoms with van der Waals surface area (Å²) in [6.45, 7) is 2.32. The van der Waals surface area contributed by atoms with Gasteiger partial charge in [0.2, 0.25) is 0 Å². The van der Waals surface area contributed by atoms with E-state index in [2.05, 4.69) is 15.9 Å². The molecule has 0 fully saturated rings. The van der Waals surface area contributed by atoms with E-state index in [4.69, 9.17) is 5.73 Å². The van der Waals surface area contributed by atoms with Gasteiger partial charge in [0.05, 0.1) is 16.3 Å². The van der Waals surface area contributed by atoms with Gasteiger partial charge in [-0.1, -0.05) is 35.0 Å². The quantitative estimate of drug-likeness (QED) is 0.819. The van der Waals surface area contributed by atoms with Gasteiger partial charge in [-0.3, -0.25) is 4.31 Å². The van der Waals surface area contributed by atoms with Crippen LogP contribution in [0.15, 0.2) is 57.9 Å². The van der Waals surface area contributed by atoms with Crippen LogP contribution >= 0.6 is 15.9 Å². The number of nitrogens with zero attached hydrogens (tertiary/aromatic N) is 1. The van der Waals surface area contributed by atoms with E-state index in [1.165, 1.54) is 4.31 Å². The summed E-state index contributed by atoms with van der Waals surface area (Å²) in [5.74, 6) is 0. The van der Waals surface area contributed by atoms with E-state index in [0.717, 1.165) is 4.47 Å². The van der Waals surface area contributed by atoms with Crippen LogP contribution in [0.25, 0.3) is 0 Å². The van der Waals surface area contributed by atoms with Crippen molar-refractivity contribution in [2.24, 2.45) is 0 Å². The Bertz CT molecular complexity index is 715. The van der Waals surface area contributed by atoms with Gasteiger partial charge >= 0.3 is 0 Å². The van der Waals surface area contributed by atoms with Crippen molar-refractivity contribution in [2.75, 3.05) is 16.6 Å². The summed E-state index contributed by atoms with van der Waals surface area (Å²) < 4.78 is 27.9. The summed E-state index contributed by atoms with van der Waals surface area (Å²) in [7, 11) is -3.62. The molecule has 0 aliphatic rings. The molecule has 2 aromatic rings. The smallest absolute Gasteiger partial charge is 0.264 e. The predicted octanol–water partition coefficient (Wildman–Crippen LogP) is 3.64. The number of nitrogen functional groups attached to an aromatic ring is 1. The molecular weight excluding hydrogens is 352 g/mol. The third-order valence-corrected chi connectivity index (χ3v) is 5.39. The molecule has 21 heavy (non-hydrogen) atoms. The zero-order chi connectivity index (χ0) is 15.5. The van der Waals surface area contributed by atoms with Crippen LogP contribution in [-0.4, -0.2) is 15.0 Å². The van der Waals surface area contributed by atoms with Crippen molar-refractivity contribution in [3.8, 4) is 0 Å². The van der Waals surface area contributed by atoms with Gasteiger partial charge in [0.1, 0.15) is 0 Å². The zero-order valence-electron chi connectivity index (χ0n) is 11.7. The Balaban J connectivity index is 2.51. The Kier molecular flexibility index (Phi) is 4.90. The highest BCUT2D eigenvalue weighted by Gasteiger charge is 2.25. The van der Waals surface area contributed by atoms with E-state index in [1.807, 2.05) is 6.92 Å². The molecule has 0 bridgehead atoms. The molecule has 6 heteroatoms. The fourth-order valence-electron chi connectivity index (χ4n) is 2.02. The number of hydrogen-bond donors (Lipinski definition) is 1. The first-order valence-corrected chi connectivity index (χ1v) is 8.83. The number of halogens is 1. The van der Waals surface area contributed by atoms with Gasteiger partial charge in [-0.25, -0.2) is 8.42 Å². The number of para-hydroxylation sites is 2. The van der Waals surface area contributed by atoms with Crippen molar-refractivity contribution in [1.29, 1.82) is 0 Å². The summed E-state index contributed by atoms with van der Waals surface area (Å²) >= 11 is 3.31. The maximum atomic E-state index is 12.8. The molecule has 0 aliphatic carbocycles. The zero-order valence-corrected chi connectivity index (χ0v) is 14.1. The summed E-state index contributed by atoms with van der Waals surface area (Å²) in [6.07, 6.45) is 0.699. The number of anilines is 2. The van der Waals surface area contributed by atoms with Crippen LogP contribution in [0.1, 0.15) is 13.3 Å². The summed E-state index contributed by atoms with van der Waals surface area (Å²) in [6, 6.07) is 13.6. The average Bonchev–Trinajstić information content (AvgIpc) is 2.46. The lowest BCUT2D eigenvalue weighted by molar-refractivity contribution is 0.590. The number of hydrogen-bond acceptors (Lipinski definition) is 3. The monoisotopic (exact) mass is 368 g/mol. The van der Waals surface area contributed by atoms with Gasteiger partial charge in [0.15, 0.2) is 0 Å². The molecule has 4 nitrogen and oxygen atoms in total. The van der Waals surface area contributed by atoms with Crippen molar-refractivity contribution in [1.82, 2.24) is 0 Å². The fraction of sp³-hybridized carbons (Fsp3) is 0.200. The van der Waals surface area contributed by atoms with E-state index < -0.39 is 10.0 Å². The van der Waals surface area contributed by atoms with Crippen molar-refractivity contribution < 1.29 is 8.42 Å². The number of rotatable bonds is 5. The summed E-state index contributed by atoms with van der Waals surface area (Å²) in [4.78, 5) is 0.252. The maximum Gasteiger partial charge on any atom is 0.264 e. The summed E-state index contributed by atoms with van der Waals surface area (Å²) in [5.41, 5.74) is 6.90. The first-order valence-electron chi connectivity index (χ1n) is 6.59. The minimum absolute atomic E-state index is 0.252. The topological polar surface area (TPSA) is 63.4 Å². The van der Waals surface area contributed by atoms with Gasteiger partial charge in [0.25, 0.3) is 10.0 Å². The highest BCUT2D eigenvalue weighted by atomic mass is 79.9. The Morgan fingerprint density at radius 3 is 2.29 bits per heavy atom. The van der Waals surface area contributed by atoms with E-state index in [9.17, 15) is 8.42 Å². The third kappa shape index (κ3) is 3.39. The van der Waals surface area contributed by atoms with Crippen LogP contribution in [0.4, 0.5) is 11.4 Å². The Morgan fingerprint density at radius 2 is 1.71 bits per heavy atom. The molecule has 112 valence electrons. The fourth-order valence-corrected chi connectivity index (χ4v) is 3.87. The van der Waals surface area contributed by atoms with Crippen LogP contribution < -0.4 is 10.0 Å². The highest BCUT2D eigenvalue weighted by Crippen LogP contribution is 2.29. The highest BCUT2D eigenvalue weighted by molar-refractivity contribution is 9.10. The van der Waals surface area contributed by atoms with Crippen LogP contribution in [0.2, 0.25) is 0 Å². The lowest BCUT2D eigenvalue weighted by atomic mass is 10.2. The van der Waals surface area contributed by atoms with Crippen molar-refractivity contribution >= 4 is 37.3 Å². The molecule has 0 aromatic heterocycles. The van der Waals surface area contributed by atoms with E-state index in [1.54, 1.807) is 48.5 Å². The molecule has 0 unspecified atom stereocenters. The molecule has 0 radical (unpaired) electrons. The third-order valence-electron chi connectivity index (χ3n) is 3.03. The van der Waals surface area contributed by atoms with E-state index in [0.29, 0.717) is 24.3 Å². The number of sulfonamides is 1. The van der Waals surface area contributed by atoms with Gasteiger partial charge in [0, 0.05) is 11.0 Å². The predicted molar refractivity (Wildman–Crippen MR) is 89.8 cm³/mol. The molecule has 0 saturated heterocycles. The van der Waals surface area contributed by atoms with Gasteiger partial charge in [-0.2, -0.15) is 0 Å². The van der Waals surface area contributed by atoms with Gasteiger partial charge in [-0.05, 0) is 42.8 Å². The average molecular weight is 369 g/mol. The molecule has 0 aliphatic heterocycles. The van der Waals surface area contributed by atoms with E-state index >= 15 is 0 Å². The SMILES string of the molecule is CCCN(c1ccccc1N)S(=O)(=O)c1ccc(Br)cc1. The standard InChI is InChI=1S/C15H17BrN2O2S/c1-2-11-18(15-6-4-3-5-14(15)17)21(19,20)13-9-7-12(16)8-10-13/h3-10H,2,11,17H2,1H3. The molecule has 0 heterocycles. The second-order valence-electron chi connectivity index (χ2n) is 4.59. The molecule has 2 aromatic carbocycles. The number of benzene rings is 2. The first kappa shape index (κ1) is 15.9. The number of nitrogens with two attached hydrogens (primary N) is 1. The normalized spacial score (nSPS) is 11.3. The first-order chi connectivity index (χ1) is 9.96. The molecule has 0 spiro atoms. The van der Waals surface area contributed by atoms with Crippen LogP contribution in [-0.2, 0) is 10.0 Å². The van der Waals surface area contributed by atoms with Crippen molar-refractivity contribution in [3.05, 3.63) is 53.0 Å². The Morgan fingerprint density at radius 1 is 1.10 bits per heavy atom. The lowest BCUT2D eigenvalue weighted by Gasteiger charge is -2.25. The molecule has 2 N–H and O–H groups in total. The van der Waals surface area contributed by atoms with Crippen molar-refractivity contribution in [2.45, 2.75) is 18.2 Å². The van der Waals surface area contributed by atoms with Crippen LogP contribution in [0.3, 0.4) is 0 Å². The Labute approximate surface area is 133 Å². The van der Waals surface area contributed by atoms with Crippen LogP contribution in [0.5, 0.6) is 0 Å². The van der Waals surface area contributed by atoms with Gasteiger partial charge < -0.3 is 5.73 Å². The minimum atomic E-state index is -3.62. The maximum absolute atomic E-state index is 12.8. The molecule has 0 amide bonds. The second-order valence-corrected chi connectivity index (χ2v) is 7.37. The molecular formula is C15H17BrN2O2S. The van der Waals surface area contributed by atoms with E-state index in [-0.39, 0.29) is 4.90 Å². The molecule has 0 atom stereocenters. The largest absolute Gasteiger partial charge is 0.397 e. The summed E-state index contributed by atoms with van der Waals surface area (Å²) in [5, 5.41) is 0. The Hall–Kier alpha value is -1.53. The van der Waals surface area contributed by atoms with Crippen LogP contribution in [0, 0.1) is 0 Å². The molecule has 0 saturated carbocycles. The molecule has 2 rings (SSSR count).